The molecule has 11 nitrogen and oxygen atoms in total. The van der Waals surface area contributed by atoms with Gasteiger partial charge < -0.3 is 35.4 Å². The number of carbonyl (C=O) groups excluding carboxylic acids is 1. The molecule has 310 valence electrons. The quantitative estimate of drug-likeness (QED) is 0.104. The molecule has 0 aromatic heterocycles. The molecule has 2 fully saturated rings. The van der Waals surface area contributed by atoms with Gasteiger partial charge in [-0.3, -0.25) is 4.79 Å². The number of ether oxygens (including phenoxy) is 2. The Hall–Kier alpha value is -4.07. The zero-order valence-corrected chi connectivity index (χ0v) is 36.1. The van der Waals surface area contributed by atoms with Crippen LogP contribution in [0.5, 0.6) is 0 Å². The Morgan fingerprint density at radius 3 is 2.42 bits per heavy atom. The number of methoxy groups -OCH3 is 1. The molecule has 4 unspecified atom stereocenters. The summed E-state index contributed by atoms with van der Waals surface area (Å²) in [6, 6.07) is 0. The number of nitrogens with zero attached hydrogens (tertiary/aromatic N) is 3. The molecule has 1 amide bonds. The molecule has 6 aliphatic heterocycles. The van der Waals surface area contributed by atoms with Crippen molar-refractivity contribution in [2.45, 2.75) is 112 Å². The van der Waals surface area contributed by atoms with Crippen LogP contribution in [0.15, 0.2) is 120 Å². The molecule has 12 heteroatoms. The number of allylic oxidation sites excluding steroid dienone is 11. The molecule has 0 aliphatic carbocycles. The summed E-state index contributed by atoms with van der Waals surface area (Å²) in [7, 11) is 1.69. The molecule has 0 aromatic carbocycles. The number of thioether (sulfide) groups is 1. The van der Waals surface area contributed by atoms with Gasteiger partial charge in [0.1, 0.15) is 5.44 Å². The van der Waals surface area contributed by atoms with E-state index in [0.29, 0.717) is 38.0 Å². The SMILES string of the molecule is C=CC1=C(C)C2=NC1=CC1=NC(=CC3=C(C)/C(=C\O)C(=N3)C(COC)=C3CC(C)C(=C2)N3)C(CC)=C1C.CC.CCC(=O)NCCCSC1CC(O)CC(CO)O1. The number of rotatable bonds is 11. The van der Waals surface area contributed by atoms with E-state index in [4.69, 9.17) is 29.6 Å². The van der Waals surface area contributed by atoms with Gasteiger partial charge >= 0.3 is 0 Å². The summed E-state index contributed by atoms with van der Waals surface area (Å²) in [6.07, 6.45) is 12.9. The highest BCUT2D eigenvalue weighted by Gasteiger charge is 2.32. The summed E-state index contributed by atoms with van der Waals surface area (Å²) >= 11 is 1.63. The Balaban J connectivity index is 0.000000304. The monoisotopic (exact) mass is 801 g/mol. The van der Waals surface area contributed by atoms with Crippen LogP contribution in [0.25, 0.3) is 0 Å². The van der Waals surface area contributed by atoms with E-state index in [1.807, 2.05) is 39.8 Å². The van der Waals surface area contributed by atoms with E-state index in [-0.39, 0.29) is 36.1 Å². The molecule has 5 N–H and O–H groups in total. The molecule has 0 radical (unpaired) electrons. The molecule has 6 aliphatic rings. The van der Waals surface area contributed by atoms with E-state index in [1.165, 1.54) is 5.57 Å². The van der Waals surface area contributed by atoms with Gasteiger partial charge in [-0.15, -0.1) is 11.8 Å². The lowest BCUT2D eigenvalue weighted by atomic mass is 9.96. The highest BCUT2D eigenvalue weighted by Crippen LogP contribution is 2.38. The third-order valence-corrected chi connectivity index (χ3v) is 11.8. The molecule has 57 heavy (non-hydrogen) atoms. The van der Waals surface area contributed by atoms with E-state index in [0.717, 1.165) is 105 Å². The minimum absolute atomic E-state index is 0.0410. The Kier molecular flexibility index (Phi) is 17.3. The minimum Gasteiger partial charge on any atom is -0.515 e. The normalized spacial score (nSPS) is 24.8. The van der Waals surface area contributed by atoms with Crippen molar-refractivity contribution in [2.24, 2.45) is 20.9 Å². The van der Waals surface area contributed by atoms with Crippen molar-refractivity contribution in [3.05, 3.63) is 105 Å². The van der Waals surface area contributed by atoms with Crippen LogP contribution in [-0.2, 0) is 14.3 Å². The second-order valence-corrected chi connectivity index (χ2v) is 15.7. The largest absolute Gasteiger partial charge is 0.515 e. The Morgan fingerprint density at radius 2 is 1.77 bits per heavy atom. The number of aliphatic hydroxyl groups is 3. The lowest BCUT2D eigenvalue weighted by Crippen LogP contribution is -2.36. The first kappa shape index (κ1) is 45.6. The lowest BCUT2D eigenvalue weighted by molar-refractivity contribution is -0.120. The maximum absolute atomic E-state index is 11.0. The smallest absolute Gasteiger partial charge is 0.219 e. The first-order valence-electron chi connectivity index (χ1n) is 20.3. The number of aliphatic hydroxyl groups excluding tert-OH is 3. The first-order chi connectivity index (χ1) is 27.5. The molecule has 6 rings (SSSR count). The van der Waals surface area contributed by atoms with Crippen LogP contribution in [-0.4, -0.2) is 88.6 Å². The van der Waals surface area contributed by atoms with Crippen molar-refractivity contribution in [1.29, 1.82) is 0 Å². The number of hydrogen-bond donors (Lipinski definition) is 5. The van der Waals surface area contributed by atoms with Crippen molar-refractivity contribution in [1.82, 2.24) is 10.6 Å². The van der Waals surface area contributed by atoms with Crippen molar-refractivity contribution >= 4 is 34.8 Å². The van der Waals surface area contributed by atoms with Crippen molar-refractivity contribution in [3.8, 4) is 0 Å². The van der Waals surface area contributed by atoms with Crippen LogP contribution in [0.3, 0.4) is 0 Å². The molecule has 4 atom stereocenters. The predicted molar refractivity (Wildman–Crippen MR) is 234 cm³/mol. The molecule has 0 saturated carbocycles. The highest BCUT2D eigenvalue weighted by molar-refractivity contribution is 7.99. The van der Waals surface area contributed by atoms with Gasteiger partial charge in [-0.25, -0.2) is 15.0 Å². The van der Waals surface area contributed by atoms with Gasteiger partial charge in [-0.1, -0.05) is 47.3 Å². The standard InChI is InChI=1S/C31H34N4O2.C12H23NO4S.C2H6/c1-8-20-17(4)25-11-24-16(3)10-28(32-24)23(15-37-7)31-22(14-36)19(6)27(35-31)13-30-21(9-2)18(5)26(34-30)12-29(20)33-25;1-2-11(16)13-4-3-5-18-12-7-9(15)6-10(8-14)17-12;1-2/h8,11-14,16,32,36H,1,9-10,15H2,2-7H3;9-10,12,14-15H,2-8H2,1H3,(H,13,16);1-2H3/b22-14+,24-11?,28-23?,29-12?,30-13?;;. The molecular weight excluding hydrogens is 739 g/mol. The van der Waals surface area contributed by atoms with Gasteiger partial charge in [0.15, 0.2) is 0 Å². The van der Waals surface area contributed by atoms with Crippen LogP contribution in [0.2, 0.25) is 0 Å². The Labute approximate surface area is 343 Å². The minimum atomic E-state index is -0.381. The van der Waals surface area contributed by atoms with E-state index >= 15 is 0 Å². The maximum atomic E-state index is 11.0. The number of hydrogen-bond acceptors (Lipinski definition) is 11. The fourth-order valence-electron chi connectivity index (χ4n) is 7.36. The number of amides is 1. The van der Waals surface area contributed by atoms with Crippen LogP contribution >= 0.6 is 11.8 Å². The third-order valence-electron chi connectivity index (χ3n) is 10.6. The second-order valence-electron chi connectivity index (χ2n) is 14.4. The topological polar surface area (TPSA) is 157 Å². The Bertz CT molecular complexity index is 1910. The van der Waals surface area contributed by atoms with E-state index < -0.39 is 0 Å². The molecular formula is C45H63N5O6S. The molecule has 0 aromatic rings. The summed E-state index contributed by atoms with van der Waals surface area (Å²) in [6.45, 7) is 21.5. The number of fused-ring (bicyclic) bond motifs is 5. The average Bonchev–Trinajstić information content (AvgIpc) is 3.91. The number of aliphatic imine (C=N–C) groups is 3. The van der Waals surface area contributed by atoms with Crippen molar-refractivity contribution < 1.29 is 29.6 Å². The fourth-order valence-corrected chi connectivity index (χ4v) is 8.53. The van der Waals surface area contributed by atoms with Gasteiger partial charge in [0, 0.05) is 66.9 Å². The van der Waals surface area contributed by atoms with Crippen LogP contribution < -0.4 is 10.6 Å². The van der Waals surface area contributed by atoms with Gasteiger partial charge in [-0.2, -0.15) is 0 Å². The zero-order valence-electron chi connectivity index (χ0n) is 35.3. The summed E-state index contributed by atoms with van der Waals surface area (Å²) in [4.78, 5) is 26.1. The van der Waals surface area contributed by atoms with Crippen LogP contribution in [0, 0.1) is 5.92 Å². The van der Waals surface area contributed by atoms with Gasteiger partial charge in [0.25, 0.3) is 0 Å². The molecule has 6 heterocycles. The van der Waals surface area contributed by atoms with Gasteiger partial charge in [0.05, 0.1) is 65.9 Å². The lowest BCUT2D eigenvalue weighted by Gasteiger charge is -2.31. The summed E-state index contributed by atoms with van der Waals surface area (Å²) in [5.74, 6) is 1.22. The van der Waals surface area contributed by atoms with E-state index in [2.05, 4.69) is 57.1 Å². The van der Waals surface area contributed by atoms with Crippen LogP contribution in [0.4, 0.5) is 0 Å². The van der Waals surface area contributed by atoms with Gasteiger partial charge in [0.2, 0.25) is 5.91 Å². The second kappa shape index (κ2) is 21.6. The number of carbonyl (C=O) groups is 1. The van der Waals surface area contributed by atoms with Gasteiger partial charge in [-0.05, 0) is 86.3 Å². The van der Waals surface area contributed by atoms with E-state index in [1.54, 1.807) is 18.9 Å². The van der Waals surface area contributed by atoms with E-state index in [9.17, 15) is 15.0 Å². The van der Waals surface area contributed by atoms with Crippen molar-refractivity contribution in [3.63, 3.8) is 0 Å². The Morgan fingerprint density at radius 1 is 1.05 bits per heavy atom. The summed E-state index contributed by atoms with van der Waals surface area (Å²) < 4.78 is 11.2. The summed E-state index contributed by atoms with van der Waals surface area (Å²) in [5, 5.41) is 35.4. The zero-order chi connectivity index (χ0) is 41.8. The molecule has 2 saturated heterocycles. The molecule has 8 bridgehead atoms. The number of nitrogens with one attached hydrogen (secondary N) is 2. The average molecular weight is 802 g/mol. The third kappa shape index (κ3) is 10.9. The van der Waals surface area contributed by atoms with Crippen LogP contribution in [0.1, 0.15) is 93.9 Å². The first-order valence-corrected chi connectivity index (χ1v) is 21.3. The fraction of sp³-hybridized carbons (Fsp3) is 0.511. The summed E-state index contributed by atoms with van der Waals surface area (Å²) in [5.41, 5.74) is 14.3. The highest BCUT2D eigenvalue weighted by atomic mass is 32.2. The maximum Gasteiger partial charge on any atom is 0.219 e. The van der Waals surface area contributed by atoms with Crippen molar-refractivity contribution in [2.75, 3.05) is 32.6 Å². The predicted octanol–water partition coefficient (Wildman–Crippen LogP) is 8.01. The molecule has 0 spiro atoms.